The monoisotopic (exact) mass is 227 g/mol. The smallest absolute Gasteiger partial charge is 0.330 e. The Bertz CT molecular complexity index is 407. The molecule has 0 bridgehead atoms. The van der Waals surface area contributed by atoms with Gasteiger partial charge in [-0.15, -0.1) is 0 Å². The Morgan fingerprint density at radius 2 is 2.00 bits per heavy atom. The van der Waals surface area contributed by atoms with Gasteiger partial charge in [0.2, 0.25) is 0 Å². The lowest BCUT2D eigenvalue weighted by atomic mass is 10.1. The van der Waals surface area contributed by atoms with Crippen molar-refractivity contribution >= 4 is 17.7 Å². The third kappa shape index (κ3) is 3.05. The van der Waals surface area contributed by atoms with Gasteiger partial charge in [-0.2, -0.15) is 0 Å². The van der Waals surface area contributed by atoms with E-state index in [1.165, 1.54) is 0 Å². The van der Waals surface area contributed by atoms with Crippen LogP contribution in [0, 0.1) is 11.6 Å². The highest BCUT2D eigenvalue weighted by molar-refractivity contribution is 5.87. The summed E-state index contributed by atoms with van der Waals surface area (Å²) in [6.07, 6.45) is 1.98. The second-order valence-corrected chi connectivity index (χ2v) is 2.98. The maximum atomic E-state index is 13.2. The molecule has 1 aromatic carbocycles. The average Bonchev–Trinajstić information content (AvgIpc) is 2.16. The first-order chi connectivity index (χ1) is 7.54. The zero-order valence-corrected chi connectivity index (χ0v) is 8.67. The minimum atomic E-state index is -0.821. The molecule has 0 amide bonds. The lowest BCUT2D eigenvalue weighted by molar-refractivity contribution is -0.137. The molecular formula is C11H11F2NO2. The molecule has 1 rings (SSSR count). The van der Waals surface area contributed by atoms with Gasteiger partial charge in [-0.1, -0.05) is 0 Å². The Labute approximate surface area is 91.5 Å². The molecule has 0 aromatic heterocycles. The quantitative estimate of drug-likeness (QED) is 0.489. The third-order valence-electron chi connectivity index (χ3n) is 1.77. The first-order valence-corrected chi connectivity index (χ1v) is 4.64. The first-order valence-electron chi connectivity index (χ1n) is 4.64. The summed E-state index contributed by atoms with van der Waals surface area (Å²) < 4.78 is 31.0. The fourth-order valence-corrected chi connectivity index (χ4v) is 1.10. The summed E-state index contributed by atoms with van der Waals surface area (Å²) in [5.74, 6) is -2.30. The zero-order chi connectivity index (χ0) is 12.1. The highest BCUT2D eigenvalue weighted by Gasteiger charge is 2.07. The van der Waals surface area contributed by atoms with Gasteiger partial charge < -0.3 is 10.5 Å². The molecule has 2 N–H and O–H groups in total. The van der Waals surface area contributed by atoms with E-state index in [0.717, 1.165) is 24.3 Å². The fraction of sp³-hybridized carbons (Fsp3) is 0.182. The van der Waals surface area contributed by atoms with E-state index in [0.29, 0.717) is 0 Å². The summed E-state index contributed by atoms with van der Waals surface area (Å²) in [7, 11) is 0. The van der Waals surface area contributed by atoms with Crippen molar-refractivity contribution in [3.63, 3.8) is 0 Å². The highest BCUT2D eigenvalue weighted by atomic mass is 19.1. The van der Waals surface area contributed by atoms with E-state index in [-0.39, 0.29) is 17.9 Å². The number of carbonyl (C=O) groups excluding carboxylic acids is 1. The Morgan fingerprint density at radius 1 is 1.44 bits per heavy atom. The third-order valence-corrected chi connectivity index (χ3v) is 1.77. The van der Waals surface area contributed by atoms with E-state index in [4.69, 9.17) is 5.73 Å². The normalized spacial score (nSPS) is 10.7. The molecule has 0 spiro atoms. The maximum Gasteiger partial charge on any atom is 0.330 e. The number of ether oxygens (including phenoxy) is 1. The average molecular weight is 227 g/mol. The maximum absolute atomic E-state index is 13.2. The molecule has 5 heteroatoms. The van der Waals surface area contributed by atoms with Gasteiger partial charge in [0.25, 0.3) is 0 Å². The van der Waals surface area contributed by atoms with Gasteiger partial charge in [0.1, 0.15) is 11.6 Å². The largest absolute Gasteiger partial charge is 0.463 e. The van der Waals surface area contributed by atoms with Crippen molar-refractivity contribution in [3.05, 3.63) is 35.4 Å². The van der Waals surface area contributed by atoms with Crippen LogP contribution in [0.1, 0.15) is 12.5 Å². The van der Waals surface area contributed by atoms with Crippen LogP contribution in [0.5, 0.6) is 0 Å². The number of nitrogens with two attached hydrogens (primary N) is 1. The number of carbonyl (C=O) groups is 1. The van der Waals surface area contributed by atoms with E-state index < -0.39 is 17.6 Å². The second-order valence-electron chi connectivity index (χ2n) is 2.98. The van der Waals surface area contributed by atoms with E-state index in [1.807, 2.05) is 0 Å². The van der Waals surface area contributed by atoms with Gasteiger partial charge in [0, 0.05) is 17.3 Å². The summed E-state index contributed by atoms with van der Waals surface area (Å²) >= 11 is 0. The van der Waals surface area contributed by atoms with E-state index in [2.05, 4.69) is 4.74 Å². The van der Waals surface area contributed by atoms with Crippen LogP contribution in [0.25, 0.3) is 6.08 Å². The van der Waals surface area contributed by atoms with Gasteiger partial charge in [0.15, 0.2) is 0 Å². The number of halogens is 2. The molecular weight excluding hydrogens is 216 g/mol. The Morgan fingerprint density at radius 3 is 2.50 bits per heavy atom. The molecule has 3 nitrogen and oxygen atoms in total. The number of benzene rings is 1. The predicted octanol–water partition coefficient (Wildman–Crippen LogP) is 2.12. The molecule has 0 radical (unpaired) electrons. The lowest BCUT2D eigenvalue weighted by Crippen LogP contribution is -1.99. The summed E-state index contributed by atoms with van der Waals surface area (Å²) in [5.41, 5.74) is 4.91. The van der Waals surface area contributed by atoms with Crippen LogP contribution in [-0.2, 0) is 9.53 Å². The molecule has 0 aliphatic rings. The van der Waals surface area contributed by atoms with Crippen LogP contribution in [-0.4, -0.2) is 12.6 Å². The minimum Gasteiger partial charge on any atom is -0.463 e. The Balaban J connectivity index is 2.93. The van der Waals surface area contributed by atoms with Crippen LogP contribution in [0.15, 0.2) is 18.2 Å². The molecule has 86 valence electrons. The molecule has 1 aromatic rings. The molecule has 16 heavy (non-hydrogen) atoms. The van der Waals surface area contributed by atoms with Crippen molar-refractivity contribution in [1.82, 2.24) is 0 Å². The van der Waals surface area contributed by atoms with Crippen molar-refractivity contribution in [2.24, 2.45) is 0 Å². The van der Waals surface area contributed by atoms with Crippen molar-refractivity contribution in [2.45, 2.75) is 6.92 Å². The molecule has 0 fully saturated rings. The molecule has 0 atom stereocenters. The van der Waals surface area contributed by atoms with Crippen molar-refractivity contribution in [3.8, 4) is 0 Å². The molecule has 0 unspecified atom stereocenters. The molecule has 0 saturated carbocycles. The second kappa shape index (κ2) is 5.25. The predicted molar refractivity (Wildman–Crippen MR) is 56.4 cm³/mol. The van der Waals surface area contributed by atoms with Gasteiger partial charge in [-0.05, 0) is 25.1 Å². The fourth-order valence-electron chi connectivity index (χ4n) is 1.10. The highest BCUT2D eigenvalue weighted by Crippen LogP contribution is 2.18. The van der Waals surface area contributed by atoms with E-state index in [9.17, 15) is 13.6 Å². The lowest BCUT2D eigenvalue weighted by Gasteiger charge is -2.01. The zero-order valence-electron chi connectivity index (χ0n) is 8.67. The topological polar surface area (TPSA) is 52.3 Å². The van der Waals surface area contributed by atoms with Crippen LogP contribution in [0.4, 0.5) is 14.5 Å². The summed E-state index contributed by atoms with van der Waals surface area (Å²) in [6.45, 7) is 1.84. The van der Waals surface area contributed by atoms with Gasteiger partial charge >= 0.3 is 5.97 Å². The van der Waals surface area contributed by atoms with Crippen LogP contribution in [0.2, 0.25) is 0 Å². The molecule has 0 aliphatic heterocycles. The van der Waals surface area contributed by atoms with Crippen molar-refractivity contribution in [1.29, 1.82) is 0 Å². The van der Waals surface area contributed by atoms with Crippen LogP contribution < -0.4 is 5.73 Å². The first kappa shape index (κ1) is 12.2. The Kier molecular flexibility index (Phi) is 3.99. The Hall–Kier alpha value is -1.91. The minimum absolute atomic E-state index is 0.0108. The van der Waals surface area contributed by atoms with Gasteiger partial charge in [-0.25, -0.2) is 13.6 Å². The SMILES string of the molecule is CCOC(=O)C=Cc1c(F)cc(N)cc1F. The van der Waals surface area contributed by atoms with Crippen molar-refractivity contribution < 1.29 is 18.3 Å². The summed E-state index contributed by atoms with van der Waals surface area (Å²) in [6, 6.07) is 1.96. The molecule has 0 heterocycles. The standard InChI is InChI=1S/C11H11F2NO2/c1-2-16-11(15)4-3-8-9(12)5-7(14)6-10(8)13/h3-6H,2,14H2,1H3. The van der Waals surface area contributed by atoms with E-state index >= 15 is 0 Å². The molecule has 0 aliphatic carbocycles. The summed E-state index contributed by atoms with van der Waals surface area (Å²) in [5, 5.41) is 0. The van der Waals surface area contributed by atoms with Crippen LogP contribution >= 0.6 is 0 Å². The van der Waals surface area contributed by atoms with Gasteiger partial charge in [0.05, 0.1) is 6.61 Å². The number of anilines is 1. The number of nitrogen functional groups attached to an aromatic ring is 1. The van der Waals surface area contributed by atoms with Gasteiger partial charge in [-0.3, -0.25) is 0 Å². The van der Waals surface area contributed by atoms with Crippen LogP contribution in [0.3, 0.4) is 0 Å². The number of hydrogen-bond acceptors (Lipinski definition) is 3. The number of hydrogen-bond donors (Lipinski definition) is 1. The number of esters is 1. The summed E-state index contributed by atoms with van der Waals surface area (Å²) in [4.78, 5) is 10.9. The van der Waals surface area contributed by atoms with E-state index in [1.54, 1.807) is 6.92 Å². The number of rotatable bonds is 3. The molecule has 0 saturated heterocycles. The van der Waals surface area contributed by atoms with Crippen molar-refractivity contribution in [2.75, 3.05) is 12.3 Å².